The lowest BCUT2D eigenvalue weighted by Crippen LogP contribution is -2.43. The smallest absolute Gasteiger partial charge is 0.408 e. The van der Waals surface area contributed by atoms with Crippen molar-refractivity contribution in [3.8, 4) is 5.75 Å². The molecule has 2 aliphatic rings. The van der Waals surface area contributed by atoms with Crippen LogP contribution >= 0.6 is 0 Å². The number of aliphatic hydroxyl groups excluding tert-OH is 1. The lowest BCUT2D eigenvalue weighted by molar-refractivity contribution is -0.0507. The number of aliphatic hydroxyl groups is 1. The highest BCUT2D eigenvalue weighted by Crippen LogP contribution is 2.43. The summed E-state index contributed by atoms with van der Waals surface area (Å²) < 4.78 is 49.6. The molecule has 31 heavy (non-hydrogen) atoms. The van der Waals surface area contributed by atoms with E-state index >= 15 is 0 Å². The van der Waals surface area contributed by atoms with E-state index in [4.69, 9.17) is 9.47 Å². The van der Waals surface area contributed by atoms with Crippen LogP contribution < -0.4 is 10.1 Å². The largest absolute Gasteiger partial charge is 0.444 e. The number of carbonyl (C=O) groups is 1. The highest BCUT2D eigenvalue weighted by atomic mass is 19.3. The van der Waals surface area contributed by atoms with Crippen LogP contribution in [0.3, 0.4) is 0 Å². The van der Waals surface area contributed by atoms with Gasteiger partial charge in [0.2, 0.25) is 0 Å². The second-order valence-electron chi connectivity index (χ2n) is 9.40. The Kier molecular flexibility index (Phi) is 7.05. The van der Waals surface area contributed by atoms with Crippen molar-refractivity contribution in [3.63, 3.8) is 0 Å². The number of alkyl carbamates (subject to hydrolysis) is 1. The van der Waals surface area contributed by atoms with Crippen LogP contribution in [-0.2, 0) is 4.74 Å². The second kappa shape index (κ2) is 9.24. The summed E-state index contributed by atoms with van der Waals surface area (Å²) in [5.41, 5.74) is 0.606. The molecule has 0 aromatic heterocycles. The van der Waals surface area contributed by atoms with Crippen molar-refractivity contribution in [2.75, 3.05) is 13.1 Å². The zero-order chi connectivity index (χ0) is 22.9. The van der Waals surface area contributed by atoms with E-state index in [1.807, 2.05) is 11.0 Å². The van der Waals surface area contributed by atoms with Crippen molar-refractivity contribution in [3.05, 3.63) is 29.3 Å². The van der Waals surface area contributed by atoms with Crippen LogP contribution in [0.5, 0.6) is 5.75 Å². The number of rotatable bonds is 6. The predicted octanol–water partition coefficient (Wildman–Crippen LogP) is 4.13. The molecule has 2 N–H and O–H groups in total. The number of carbonyl (C=O) groups excluding carboxylic acids is 1. The first-order valence-electron chi connectivity index (χ1n) is 10.6. The fraction of sp³-hybridized carbons (Fsp3) is 0.682. The van der Waals surface area contributed by atoms with Crippen LogP contribution in [0.2, 0.25) is 0 Å². The summed E-state index contributed by atoms with van der Waals surface area (Å²) in [6, 6.07) is 4.69. The first-order valence-corrected chi connectivity index (χ1v) is 10.6. The van der Waals surface area contributed by atoms with E-state index in [-0.39, 0.29) is 24.3 Å². The quantitative estimate of drug-likeness (QED) is 0.690. The maximum Gasteiger partial charge on any atom is 0.408 e. The molecular weight excluding hydrogens is 413 g/mol. The zero-order valence-electron chi connectivity index (χ0n) is 18.3. The Morgan fingerprint density at radius 2 is 1.94 bits per heavy atom. The molecule has 1 saturated carbocycles. The number of β-amino-alcohol motifs (C(OH)–C–C–N with tert-alkyl or cyclic N) is 1. The molecule has 1 aliphatic heterocycles. The maximum absolute atomic E-state index is 13.6. The van der Waals surface area contributed by atoms with Gasteiger partial charge in [0.05, 0.1) is 12.1 Å². The van der Waals surface area contributed by atoms with Gasteiger partial charge in [0.15, 0.2) is 0 Å². The van der Waals surface area contributed by atoms with Crippen LogP contribution in [0.25, 0.3) is 0 Å². The molecule has 0 spiro atoms. The van der Waals surface area contributed by atoms with E-state index in [1.165, 1.54) is 0 Å². The van der Waals surface area contributed by atoms with E-state index < -0.39 is 36.6 Å². The molecule has 1 amide bonds. The molecule has 1 aromatic carbocycles. The number of hydrogen-bond donors (Lipinski definition) is 2. The molecule has 9 heteroatoms. The van der Waals surface area contributed by atoms with Gasteiger partial charge in [-0.05, 0) is 58.1 Å². The van der Waals surface area contributed by atoms with Gasteiger partial charge in [-0.2, -0.15) is 8.78 Å². The molecule has 0 bridgehead atoms. The molecule has 6 nitrogen and oxygen atoms in total. The van der Waals surface area contributed by atoms with Crippen LogP contribution in [0.4, 0.5) is 18.0 Å². The molecule has 174 valence electrons. The van der Waals surface area contributed by atoms with E-state index in [2.05, 4.69) is 5.32 Å². The standard InChI is InChI=1S/C22H31F3N2O4/c1-12(26-21(29)31-22(2,3)4)16-6-5-13(9-19(16)30-20(24)25)14-7-15(8-14)27-10-17(23)18(28)11-27/h5-6,9,12,14-15,17-18,20,28H,7-8,10-11H2,1-4H3,(H,26,29)/t12-,14?,15?,17-,18+/m0/s1. The summed E-state index contributed by atoms with van der Waals surface area (Å²) in [6.07, 6.45) is -1.28. The van der Waals surface area contributed by atoms with Crippen molar-refractivity contribution >= 4 is 6.09 Å². The third kappa shape index (κ3) is 6.04. The van der Waals surface area contributed by atoms with Crippen LogP contribution in [0.15, 0.2) is 18.2 Å². The van der Waals surface area contributed by atoms with Gasteiger partial charge in [0.25, 0.3) is 0 Å². The fourth-order valence-corrected chi connectivity index (χ4v) is 4.15. The molecule has 0 unspecified atom stereocenters. The van der Waals surface area contributed by atoms with Crippen molar-refractivity contribution in [2.24, 2.45) is 0 Å². The van der Waals surface area contributed by atoms with Gasteiger partial charge in [-0.15, -0.1) is 0 Å². The minimum absolute atomic E-state index is 0.0138. The molecule has 0 radical (unpaired) electrons. The molecule has 1 aromatic rings. The molecule has 1 heterocycles. The third-order valence-corrected chi connectivity index (χ3v) is 5.80. The van der Waals surface area contributed by atoms with Gasteiger partial charge < -0.3 is 19.9 Å². The Morgan fingerprint density at radius 3 is 2.48 bits per heavy atom. The van der Waals surface area contributed by atoms with Gasteiger partial charge in [0, 0.05) is 24.7 Å². The Balaban J connectivity index is 1.67. The fourth-order valence-electron chi connectivity index (χ4n) is 4.15. The number of amides is 1. The normalized spacial score (nSPS) is 27.6. The van der Waals surface area contributed by atoms with Crippen LogP contribution in [0, 0.1) is 0 Å². The Labute approximate surface area is 180 Å². The Morgan fingerprint density at radius 1 is 1.26 bits per heavy atom. The van der Waals surface area contributed by atoms with E-state index in [0.717, 1.165) is 18.4 Å². The Bertz CT molecular complexity index is 771. The van der Waals surface area contributed by atoms with Crippen molar-refractivity contribution in [2.45, 2.75) is 83.0 Å². The topological polar surface area (TPSA) is 71.0 Å². The third-order valence-electron chi connectivity index (χ3n) is 5.80. The second-order valence-corrected chi connectivity index (χ2v) is 9.40. The molecule has 2 fully saturated rings. The number of ether oxygens (including phenoxy) is 2. The van der Waals surface area contributed by atoms with Gasteiger partial charge in [-0.25, -0.2) is 9.18 Å². The average Bonchev–Trinajstić information content (AvgIpc) is 2.89. The molecular formula is C22H31F3N2O4. The van der Waals surface area contributed by atoms with E-state index in [0.29, 0.717) is 12.1 Å². The highest BCUT2D eigenvalue weighted by Gasteiger charge is 2.41. The van der Waals surface area contributed by atoms with Crippen LogP contribution in [0.1, 0.15) is 63.6 Å². The summed E-state index contributed by atoms with van der Waals surface area (Å²) in [5, 5.41) is 12.2. The number of hydrogen-bond acceptors (Lipinski definition) is 5. The summed E-state index contributed by atoms with van der Waals surface area (Å²) in [5.74, 6) is 0.156. The first-order chi connectivity index (χ1) is 14.4. The number of nitrogens with one attached hydrogen (secondary N) is 1. The number of nitrogens with zero attached hydrogens (tertiary/aromatic N) is 1. The van der Waals surface area contributed by atoms with Crippen molar-refractivity contribution in [1.82, 2.24) is 10.2 Å². The lowest BCUT2D eigenvalue weighted by atomic mass is 9.75. The predicted molar refractivity (Wildman–Crippen MR) is 109 cm³/mol. The van der Waals surface area contributed by atoms with Gasteiger partial charge in [-0.1, -0.05) is 12.1 Å². The van der Waals surface area contributed by atoms with E-state index in [1.54, 1.807) is 39.8 Å². The SMILES string of the molecule is C[C@H](NC(=O)OC(C)(C)C)c1ccc(C2CC(N3C[C@@H](O)[C@@H](F)C3)C2)cc1OC(F)F. The van der Waals surface area contributed by atoms with Gasteiger partial charge in [0.1, 0.15) is 17.5 Å². The molecule has 3 rings (SSSR count). The first kappa shape index (κ1) is 23.7. The summed E-state index contributed by atoms with van der Waals surface area (Å²) in [6.45, 7) is 4.43. The lowest BCUT2D eigenvalue weighted by Gasteiger charge is -2.41. The number of halogens is 3. The maximum atomic E-state index is 13.6. The van der Waals surface area contributed by atoms with Crippen molar-refractivity contribution in [1.29, 1.82) is 0 Å². The number of alkyl halides is 3. The number of benzene rings is 1. The minimum atomic E-state index is -3.00. The Hall–Kier alpha value is -2.00. The monoisotopic (exact) mass is 444 g/mol. The average molecular weight is 444 g/mol. The van der Waals surface area contributed by atoms with Gasteiger partial charge in [-0.3, -0.25) is 4.90 Å². The molecule has 3 atom stereocenters. The molecule has 1 aliphatic carbocycles. The van der Waals surface area contributed by atoms with E-state index in [9.17, 15) is 23.1 Å². The summed E-state index contributed by atoms with van der Waals surface area (Å²) >= 11 is 0. The van der Waals surface area contributed by atoms with Crippen LogP contribution in [-0.4, -0.2) is 59.7 Å². The van der Waals surface area contributed by atoms with Gasteiger partial charge >= 0.3 is 12.7 Å². The summed E-state index contributed by atoms with van der Waals surface area (Å²) in [7, 11) is 0. The molecule has 1 saturated heterocycles. The minimum Gasteiger partial charge on any atom is -0.444 e. The number of likely N-dealkylation sites (tertiary alicyclic amines) is 1. The summed E-state index contributed by atoms with van der Waals surface area (Å²) in [4.78, 5) is 14.0. The highest BCUT2D eigenvalue weighted by molar-refractivity contribution is 5.68. The zero-order valence-corrected chi connectivity index (χ0v) is 18.3. The van der Waals surface area contributed by atoms with Crippen molar-refractivity contribution < 1.29 is 32.5 Å².